The topological polar surface area (TPSA) is 365 Å². The third-order valence-corrected chi connectivity index (χ3v) is 13.1. The summed E-state index contributed by atoms with van der Waals surface area (Å²) < 4.78 is 0. The standard InChI is InChI=1S/C49H71N9O16/c59-40(28-55-17-19-56(29-42(62)63)21-23-58(31-44(66)67)24-22-57(20-18-55)30-43(64)65)52-39(26-33-10-11-34-5-1-2-6-36(34)25-33)46(69)51-27-32-8-12-35(13-9-32)45(68)50-16-4-3-7-37(47(70)71)53-49(74)54-38(48(72)73)14-15-41(60)61/h1-2,5-6,10-11,25,32,35,37-39H,3-4,7-9,12-24,26-31H2,(H,50,68)(H,51,69)(H,52,59)(H,60,61)(H,62,63)(H,64,65)(H,66,67)(H,70,71)(H,72,73)(H2,53,54,74). The van der Waals surface area contributed by atoms with Gasteiger partial charge in [0.1, 0.15) is 18.1 Å². The van der Waals surface area contributed by atoms with Crippen molar-refractivity contribution in [3.63, 3.8) is 0 Å². The van der Waals surface area contributed by atoms with E-state index < -0.39 is 84.6 Å². The highest BCUT2D eigenvalue weighted by Gasteiger charge is 2.30. The van der Waals surface area contributed by atoms with Crippen LogP contribution in [-0.4, -0.2) is 220 Å². The maximum atomic E-state index is 14.0. The largest absolute Gasteiger partial charge is 0.481 e. The molecule has 408 valence electrons. The number of urea groups is 1. The number of fused-ring (bicyclic) bond motifs is 1. The molecule has 0 radical (unpaired) electrons. The molecule has 1 aliphatic carbocycles. The van der Waals surface area contributed by atoms with Gasteiger partial charge in [0.25, 0.3) is 0 Å². The summed E-state index contributed by atoms with van der Waals surface area (Å²) in [5, 5.41) is 71.4. The molecule has 1 saturated heterocycles. The Bertz CT molecular complexity index is 2230. The molecular formula is C49H71N9O16. The number of carbonyl (C=O) groups excluding carboxylic acids is 4. The zero-order valence-corrected chi connectivity index (χ0v) is 41.5. The van der Waals surface area contributed by atoms with Gasteiger partial charge in [0.2, 0.25) is 17.7 Å². The highest BCUT2D eigenvalue weighted by molar-refractivity contribution is 5.89. The zero-order chi connectivity index (χ0) is 54.2. The number of unbranched alkanes of at least 4 members (excludes halogenated alkanes) is 1. The molecule has 11 N–H and O–H groups in total. The molecule has 25 nitrogen and oxygen atoms in total. The molecule has 1 aliphatic heterocycles. The summed E-state index contributed by atoms with van der Waals surface area (Å²) in [5.74, 6) is -8.59. The molecule has 74 heavy (non-hydrogen) atoms. The molecule has 1 saturated carbocycles. The number of carboxylic acid groups (broad SMARTS) is 6. The minimum Gasteiger partial charge on any atom is -0.481 e. The molecule has 25 heteroatoms. The first-order chi connectivity index (χ1) is 35.2. The second-order valence-corrected chi connectivity index (χ2v) is 18.9. The molecule has 2 aliphatic rings. The lowest BCUT2D eigenvalue weighted by Crippen LogP contribution is -2.53. The third kappa shape index (κ3) is 22.4. The molecular weight excluding hydrogens is 971 g/mol. The monoisotopic (exact) mass is 1040 g/mol. The maximum Gasteiger partial charge on any atom is 0.326 e. The van der Waals surface area contributed by atoms with Crippen LogP contribution in [-0.2, 0) is 49.6 Å². The van der Waals surface area contributed by atoms with Crippen molar-refractivity contribution in [2.24, 2.45) is 11.8 Å². The SMILES string of the molecule is O=C(O)CCC(NC(=O)NC(CCCCNC(=O)C1CCC(CNC(=O)C(Cc2ccc3ccccc3c2)NC(=O)CN2CCN(CC(=O)O)CCN(CC(=O)O)CCN(CC(=O)O)CC2)CC1)C(=O)O)C(=O)O. The van der Waals surface area contributed by atoms with Gasteiger partial charge in [0.15, 0.2) is 0 Å². The molecule has 0 spiro atoms. The van der Waals surface area contributed by atoms with E-state index >= 15 is 0 Å². The van der Waals surface area contributed by atoms with Crippen molar-refractivity contribution >= 4 is 70.3 Å². The lowest BCUT2D eigenvalue weighted by Gasteiger charge is -2.33. The average molecular weight is 1040 g/mol. The van der Waals surface area contributed by atoms with Crippen LogP contribution < -0.4 is 26.6 Å². The van der Waals surface area contributed by atoms with Crippen molar-refractivity contribution < 1.29 is 78.6 Å². The Balaban J connectivity index is 1.31. The molecule has 2 aromatic rings. The number of hydrogen-bond acceptors (Lipinski definition) is 14. The quantitative estimate of drug-likeness (QED) is 0.0508. The van der Waals surface area contributed by atoms with Gasteiger partial charge in [-0.3, -0.25) is 53.2 Å². The first-order valence-corrected chi connectivity index (χ1v) is 24.9. The Morgan fingerprint density at radius 1 is 0.527 bits per heavy atom. The van der Waals surface area contributed by atoms with E-state index in [1.807, 2.05) is 42.5 Å². The van der Waals surface area contributed by atoms with Crippen molar-refractivity contribution in [1.29, 1.82) is 0 Å². The fourth-order valence-electron chi connectivity index (χ4n) is 9.01. The second-order valence-electron chi connectivity index (χ2n) is 18.9. The number of aliphatic carboxylic acids is 6. The minimum absolute atomic E-state index is 0.0172. The molecule has 3 unspecified atom stereocenters. The van der Waals surface area contributed by atoms with Crippen molar-refractivity contribution in [3.8, 4) is 0 Å². The molecule has 0 aromatic heterocycles. The highest BCUT2D eigenvalue weighted by Crippen LogP contribution is 2.28. The zero-order valence-electron chi connectivity index (χ0n) is 41.5. The summed E-state index contributed by atoms with van der Waals surface area (Å²) in [6.45, 7) is 1.14. The van der Waals surface area contributed by atoms with E-state index in [9.17, 15) is 73.5 Å². The molecule has 0 bridgehead atoms. The van der Waals surface area contributed by atoms with Crippen molar-refractivity contribution in [1.82, 2.24) is 46.2 Å². The summed E-state index contributed by atoms with van der Waals surface area (Å²) in [6.07, 6.45) is 2.29. The number of amides is 5. The predicted molar refractivity (Wildman–Crippen MR) is 265 cm³/mol. The lowest BCUT2D eigenvalue weighted by molar-refractivity contribution is -0.141. The highest BCUT2D eigenvalue weighted by atomic mass is 16.4. The van der Waals surface area contributed by atoms with E-state index in [1.54, 1.807) is 19.6 Å². The number of nitrogens with zero attached hydrogens (tertiary/aromatic N) is 4. The van der Waals surface area contributed by atoms with E-state index in [0.29, 0.717) is 45.1 Å². The van der Waals surface area contributed by atoms with Gasteiger partial charge in [-0.25, -0.2) is 14.4 Å². The summed E-state index contributed by atoms with van der Waals surface area (Å²) in [4.78, 5) is 129. The van der Waals surface area contributed by atoms with E-state index in [1.165, 1.54) is 0 Å². The van der Waals surface area contributed by atoms with Gasteiger partial charge in [0, 0.05) is 84.2 Å². The Morgan fingerprint density at radius 2 is 1.03 bits per heavy atom. The fraction of sp³-hybridized carbons (Fsp3) is 0.592. The van der Waals surface area contributed by atoms with Crippen LogP contribution in [0.3, 0.4) is 0 Å². The number of rotatable bonds is 27. The van der Waals surface area contributed by atoms with Gasteiger partial charge in [-0.05, 0) is 73.6 Å². The van der Waals surface area contributed by atoms with Crippen molar-refractivity contribution in [2.75, 3.05) is 91.6 Å². The average Bonchev–Trinajstić information content (AvgIpc) is 3.33. The van der Waals surface area contributed by atoms with E-state index in [2.05, 4.69) is 26.6 Å². The van der Waals surface area contributed by atoms with Gasteiger partial charge in [0.05, 0.1) is 26.2 Å². The third-order valence-electron chi connectivity index (χ3n) is 13.1. The Morgan fingerprint density at radius 3 is 1.53 bits per heavy atom. The fourth-order valence-corrected chi connectivity index (χ4v) is 9.01. The molecule has 2 aromatic carbocycles. The van der Waals surface area contributed by atoms with Crippen molar-refractivity contribution in [2.45, 2.75) is 82.3 Å². The molecule has 2 fully saturated rings. The Kier molecular flexibility index (Phi) is 24.9. The van der Waals surface area contributed by atoms with Gasteiger partial charge >= 0.3 is 41.8 Å². The normalized spacial score (nSPS) is 18.8. The van der Waals surface area contributed by atoms with Gasteiger partial charge in [-0.2, -0.15) is 0 Å². The van der Waals surface area contributed by atoms with E-state index in [-0.39, 0.29) is 116 Å². The van der Waals surface area contributed by atoms with Crippen LogP contribution in [0.25, 0.3) is 10.8 Å². The molecule has 4 rings (SSSR count). The Labute approximate surface area is 428 Å². The van der Waals surface area contributed by atoms with E-state index in [0.717, 1.165) is 16.3 Å². The summed E-state index contributed by atoms with van der Waals surface area (Å²) >= 11 is 0. The van der Waals surface area contributed by atoms with Crippen LogP contribution >= 0.6 is 0 Å². The molecule has 3 atom stereocenters. The van der Waals surface area contributed by atoms with Gasteiger partial charge < -0.3 is 57.2 Å². The van der Waals surface area contributed by atoms with Crippen LogP contribution in [0, 0.1) is 11.8 Å². The maximum absolute atomic E-state index is 14.0. The van der Waals surface area contributed by atoms with Crippen LogP contribution in [0.4, 0.5) is 4.79 Å². The lowest BCUT2D eigenvalue weighted by atomic mass is 9.81. The summed E-state index contributed by atoms with van der Waals surface area (Å²) in [6, 6.07) is 8.56. The van der Waals surface area contributed by atoms with Crippen LogP contribution in [0.2, 0.25) is 0 Å². The van der Waals surface area contributed by atoms with Crippen LogP contribution in [0.15, 0.2) is 42.5 Å². The van der Waals surface area contributed by atoms with Gasteiger partial charge in [-0.15, -0.1) is 0 Å². The number of carbonyl (C=O) groups is 10. The number of nitrogens with one attached hydrogen (secondary N) is 5. The number of carboxylic acids is 6. The van der Waals surface area contributed by atoms with Crippen LogP contribution in [0.5, 0.6) is 0 Å². The Hall–Kier alpha value is -6.96. The van der Waals surface area contributed by atoms with Gasteiger partial charge in [-0.1, -0.05) is 42.5 Å². The first kappa shape index (κ1) is 59.6. The van der Waals surface area contributed by atoms with E-state index in [4.69, 9.17) is 5.11 Å². The number of hydrogen-bond donors (Lipinski definition) is 11. The van der Waals surface area contributed by atoms with Crippen molar-refractivity contribution in [3.05, 3.63) is 48.0 Å². The second kappa shape index (κ2) is 30.9. The summed E-state index contributed by atoms with van der Waals surface area (Å²) in [5.41, 5.74) is 0.802. The first-order valence-electron chi connectivity index (χ1n) is 24.9. The smallest absolute Gasteiger partial charge is 0.326 e. The van der Waals surface area contributed by atoms with Crippen LogP contribution in [0.1, 0.15) is 63.4 Å². The minimum atomic E-state index is -1.53. The molecule has 5 amide bonds. The summed E-state index contributed by atoms with van der Waals surface area (Å²) in [7, 11) is 0. The number of benzene rings is 2. The molecule has 1 heterocycles. The predicted octanol–water partition coefficient (Wildman–Crippen LogP) is -0.378.